The molecule has 0 saturated carbocycles. The maximum atomic E-state index is 11.6. The molecule has 0 bridgehead atoms. The lowest BCUT2D eigenvalue weighted by Crippen LogP contribution is -2.27. The maximum absolute atomic E-state index is 11.6. The van der Waals surface area contributed by atoms with Crippen molar-refractivity contribution >= 4 is 5.78 Å². The highest BCUT2D eigenvalue weighted by Crippen LogP contribution is 2.08. The summed E-state index contributed by atoms with van der Waals surface area (Å²) in [6.07, 6.45) is 2.87. The maximum Gasteiger partial charge on any atom is 0.136 e. The lowest BCUT2D eigenvalue weighted by molar-refractivity contribution is -0.122. The van der Waals surface area contributed by atoms with E-state index in [1.165, 1.54) is 0 Å². The largest absolute Gasteiger partial charge is 0.303 e. The molecular formula is C12H25NO. The number of ketones is 1. The van der Waals surface area contributed by atoms with Gasteiger partial charge in [-0.3, -0.25) is 4.79 Å². The molecule has 0 aromatic heterocycles. The normalized spacial score (nSPS) is 13.2. The van der Waals surface area contributed by atoms with E-state index in [0.717, 1.165) is 38.9 Å². The summed E-state index contributed by atoms with van der Waals surface area (Å²) in [5.74, 6) is 0.689. The molecule has 0 amide bonds. The van der Waals surface area contributed by atoms with E-state index in [9.17, 15) is 4.79 Å². The van der Waals surface area contributed by atoms with Crippen molar-refractivity contribution in [2.75, 3.05) is 19.6 Å². The second kappa shape index (κ2) is 7.98. The van der Waals surface area contributed by atoms with Crippen LogP contribution in [0.15, 0.2) is 0 Å². The van der Waals surface area contributed by atoms with E-state index in [1.807, 2.05) is 6.92 Å². The van der Waals surface area contributed by atoms with Crippen molar-refractivity contribution in [1.82, 2.24) is 4.90 Å². The van der Waals surface area contributed by atoms with E-state index in [-0.39, 0.29) is 5.92 Å². The molecule has 0 saturated heterocycles. The van der Waals surface area contributed by atoms with Crippen LogP contribution in [0.5, 0.6) is 0 Å². The molecule has 1 unspecified atom stereocenters. The van der Waals surface area contributed by atoms with Crippen molar-refractivity contribution in [1.29, 1.82) is 0 Å². The van der Waals surface area contributed by atoms with Crippen molar-refractivity contribution in [2.24, 2.45) is 5.92 Å². The van der Waals surface area contributed by atoms with Crippen molar-refractivity contribution in [3.63, 3.8) is 0 Å². The standard InChI is InChI=1S/C12H25NO/c1-5-8-11(4)12(14)9-10-13(6-2)7-3/h11H,5-10H2,1-4H3. The third kappa shape index (κ3) is 5.38. The van der Waals surface area contributed by atoms with E-state index >= 15 is 0 Å². The number of carbonyl (C=O) groups excluding carboxylic acids is 1. The first-order chi connectivity index (χ1) is 6.65. The van der Waals surface area contributed by atoms with Crippen LogP contribution in [-0.4, -0.2) is 30.3 Å². The predicted molar refractivity (Wildman–Crippen MR) is 61.5 cm³/mol. The topological polar surface area (TPSA) is 20.3 Å². The van der Waals surface area contributed by atoms with Crippen LogP contribution in [-0.2, 0) is 4.79 Å². The predicted octanol–water partition coefficient (Wildman–Crippen LogP) is 2.72. The van der Waals surface area contributed by atoms with Gasteiger partial charge in [-0.15, -0.1) is 0 Å². The molecule has 0 spiro atoms. The molecule has 2 heteroatoms. The Bertz CT molecular complexity index is 152. The zero-order valence-electron chi connectivity index (χ0n) is 10.2. The summed E-state index contributed by atoms with van der Waals surface area (Å²) in [4.78, 5) is 13.9. The van der Waals surface area contributed by atoms with E-state index in [2.05, 4.69) is 25.7 Å². The van der Waals surface area contributed by atoms with Gasteiger partial charge in [0.15, 0.2) is 0 Å². The molecule has 0 aromatic rings. The van der Waals surface area contributed by atoms with E-state index < -0.39 is 0 Å². The summed E-state index contributed by atoms with van der Waals surface area (Å²) >= 11 is 0. The monoisotopic (exact) mass is 199 g/mol. The second-order valence-corrected chi connectivity index (χ2v) is 3.93. The van der Waals surface area contributed by atoms with Crippen molar-refractivity contribution in [2.45, 2.75) is 47.0 Å². The molecule has 84 valence electrons. The van der Waals surface area contributed by atoms with Gasteiger partial charge in [0, 0.05) is 18.9 Å². The molecule has 0 aliphatic heterocycles. The number of hydrogen-bond donors (Lipinski definition) is 0. The minimum Gasteiger partial charge on any atom is -0.303 e. The molecule has 0 aliphatic carbocycles. The van der Waals surface area contributed by atoms with Crippen LogP contribution in [0.25, 0.3) is 0 Å². The van der Waals surface area contributed by atoms with Gasteiger partial charge in [0.1, 0.15) is 5.78 Å². The Morgan fingerprint density at radius 1 is 1.21 bits per heavy atom. The average molecular weight is 199 g/mol. The molecule has 0 fully saturated rings. The van der Waals surface area contributed by atoms with Gasteiger partial charge in [-0.25, -0.2) is 0 Å². The Balaban J connectivity index is 3.71. The molecule has 0 heterocycles. The van der Waals surface area contributed by atoms with Crippen molar-refractivity contribution < 1.29 is 4.79 Å². The van der Waals surface area contributed by atoms with Crippen LogP contribution >= 0.6 is 0 Å². The van der Waals surface area contributed by atoms with Gasteiger partial charge >= 0.3 is 0 Å². The number of Topliss-reactive ketones (excluding diaryl/α,β-unsaturated/α-hetero) is 1. The highest BCUT2D eigenvalue weighted by Gasteiger charge is 2.12. The molecule has 2 nitrogen and oxygen atoms in total. The highest BCUT2D eigenvalue weighted by molar-refractivity contribution is 5.80. The van der Waals surface area contributed by atoms with Crippen molar-refractivity contribution in [3.05, 3.63) is 0 Å². The summed E-state index contributed by atoms with van der Waals surface area (Å²) in [7, 11) is 0. The molecule has 0 radical (unpaired) electrons. The minimum absolute atomic E-state index is 0.260. The fraction of sp³-hybridized carbons (Fsp3) is 0.917. The van der Waals surface area contributed by atoms with E-state index in [1.54, 1.807) is 0 Å². The first kappa shape index (κ1) is 13.6. The smallest absolute Gasteiger partial charge is 0.136 e. The Morgan fingerprint density at radius 3 is 2.21 bits per heavy atom. The molecular weight excluding hydrogens is 174 g/mol. The number of nitrogens with zero attached hydrogens (tertiary/aromatic N) is 1. The van der Waals surface area contributed by atoms with Crippen LogP contribution in [0.2, 0.25) is 0 Å². The zero-order valence-corrected chi connectivity index (χ0v) is 10.2. The fourth-order valence-corrected chi connectivity index (χ4v) is 1.65. The van der Waals surface area contributed by atoms with Gasteiger partial charge in [-0.1, -0.05) is 34.1 Å². The summed E-state index contributed by atoms with van der Waals surface area (Å²) in [6, 6.07) is 0. The summed E-state index contributed by atoms with van der Waals surface area (Å²) in [6.45, 7) is 11.5. The van der Waals surface area contributed by atoms with Crippen molar-refractivity contribution in [3.8, 4) is 0 Å². The van der Waals surface area contributed by atoms with Gasteiger partial charge in [0.05, 0.1) is 0 Å². The lowest BCUT2D eigenvalue weighted by Gasteiger charge is -2.18. The van der Waals surface area contributed by atoms with Crippen LogP contribution in [0.3, 0.4) is 0 Å². The Morgan fingerprint density at radius 2 is 1.79 bits per heavy atom. The molecule has 14 heavy (non-hydrogen) atoms. The van der Waals surface area contributed by atoms with Gasteiger partial charge < -0.3 is 4.90 Å². The van der Waals surface area contributed by atoms with Gasteiger partial charge in [-0.2, -0.15) is 0 Å². The van der Waals surface area contributed by atoms with Crippen LogP contribution in [0.4, 0.5) is 0 Å². The summed E-state index contributed by atoms with van der Waals surface area (Å²) < 4.78 is 0. The third-order valence-corrected chi connectivity index (χ3v) is 2.84. The van der Waals surface area contributed by atoms with Gasteiger partial charge in [0.2, 0.25) is 0 Å². The zero-order chi connectivity index (χ0) is 11.0. The second-order valence-electron chi connectivity index (χ2n) is 3.93. The summed E-state index contributed by atoms with van der Waals surface area (Å²) in [5.41, 5.74) is 0. The highest BCUT2D eigenvalue weighted by atomic mass is 16.1. The SMILES string of the molecule is CCCC(C)C(=O)CCN(CC)CC. The Kier molecular flexibility index (Phi) is 7.77. The van der Waals surface area contributed by atoms with E-state index in [0.29, 0.717) is 5.78 Å². The number of carbonyl (C=O) groups is 1. The average Bonchev–Trinajstić information content (AvgIpc) is 2.19. The Hall–Kier alpha value is -0.370. The van der Waals surface area contributed by atoms with Gasteiger partial charge in [-0.05, 0) is 19.5 Å². The molecule has 0 rings (SSSR count). The van der Waals surface area contributed by atoms with Crippen LogP contribution < -0.4 is 0 Å². The molecule has 0 aromatic carbocycles. The molecule has 0 aliphatic rings. The van der Waals surface area contributed by atoms with Crippen LogP contribution in [0, 0.1) is 5.92 Å². The summed E-state index contributed by atoms with van der Waals surface area (Å²) in [5, 5.41) is 0. The third-order valence-electron chi connectivity index (χ3n) is 2.84. The quantitative estimate of drug-likeness (QED) is 0.599. The minimum atomic E-state index is 0.260. The van der Waals surface area contributed by atoms with Gasteiger partial charge in [0.25, 0.3) is 0 Å². The Labute approximate surface area is 88.7 Å². The molecule has 1 atom stereocenters. The first-order valence-corrected chi connectivity index (χ1v) is 5.90. The number of hydrogen-bond acceptors (Lipinski definition) is 2. The lowest BCUT2D eigenvalue weighted by atomic mass is 9.99. The first-order valence-electron chi connectivity index (χ1n) is 5.90. The van der Waals surface area contributed by atoms with E-state index in [4.69, 9.17) is 0 Å². The molecule has 0 N–H and O–H groups in total. The van der Waals surface area contributed by atoms with Crippen LogP contribution in [0.1, 0.15) is 47.0 Å². The number of rotatable bonds is 8. The fourth-order valence-electron chi connectivity index (χ4n) is 1.65.